The first-order chi connectivity index (χ1) is 8.68. The zero-order valence-corrected chi connectivity index (χ0v) is 11.0. The van der Waals surface area contributed by atoms with Crippen molar-refractivity contribution in [2.75, 3.05) is 0 Å². The lowest BCUT2D eigenvalue weighted by Gasteiger charge is -2.15. The van der Waals surface area contributed by atoms with E-state index in [1.54, 1.807) is 18.2 Å². The van der Waals surface area contributed by atoms with Crippen LogP contribution in [0.4, 0.5) is 0 Å². The molecular formula is C15H16ClNO. The molecule has 0 aliphatic rings. The molecule has 0 fully saturated rings. The molecule has 0 saturated heterocycles. The normalized spacial score (nSPS) is 12.3. The van der Waals surface area contributed by atoms with Gasteiger partial charge in [0.25, 0.3) is 0 Å². The van der Waals surface area contributed by atoms with Crippen LogP contribution in [0.25, 0.3) is 0 Å². The maximum Gasteiger partial charge on any atom is 0.121 e. The molecule has 1 unspecified atom stereocenters. The average molecular weight is 262 g/mol. The Morgan fingerprint density at radius 1 is 1.11 bits per heavy atom. The van der Waals surface area contributed by atoms with Crippen molar-refractivity contribution in [1.82, 2.24) is 5.32 Å². The van der Waals surface area contributed by atoms with Crippen molar-refractivity contribution in [3.63, 3.8) is 0 Å². The van der Waals surface area contributed by atoms with Crippen molar-refractivity contribution in [3.8, 4) is 5.75 Å². The first kappa shape index (κ1) is 12.9. The van der Waals surface area contributed by atoms with Crippen LogP contribution in [-0.2, 0) is 6.54 Å². The standard InChI is InChI=1S/C15H16ClNO/c1-11(12-6-3-2-4-7-12)17-10-13-14(16)8-5-9-15(13)18/h2-9,11,17-18H,10H2,1H3. The highest BCUT2D eigenvalue weighted by Crippen LogP contribution is 2.25. The van der Waals surface area contributed by atoms with E-state index in [0.717, 1.165) is 5.56 Å². The molecule has 18 heavy (non-hydrogen) atoms. The van der Waals surface area contributed by atoms with Crippen molar-refractivity contribution in [1.29, 1.82) is 0 Å². The van der Waals surface area contributed by atoms with E-state index < -0.39 is 0 Å². The minimum atomic E-state index is 0.210. The molecule has 0 heterocycles. The molecule has 0 saturated carbocycles. The van der Waals surface area contributed by atoms with Crippen molar-refractivity contribution >= 4 is 11.6 Å². The molecule has 0 aliphatic carbocycles. The summed E-state index contributed by atoms with van der Waals surface area (Å²) in [6.07, 6.45) is 0. The van der Waals surface area contributed by atoms with Gasteiger partial charge in [0, 0.05) is 23.2 Å². The minimum Gasteiger partial charge on any atom is -0.508 e. The molecule has 0 bridgehead atoms. The van der Waals surface area contributed by atoms with E-state index in [1.165, 1.54) is 5.56 Å². The summed E-state index contributed by atoms with van der Waals surface area (Å²) in [6, 6.07) is 15.6. The van der Waals surface area contributed by atoms with Crippen molar-refractivity contribution in [2.45, 2.75) is 19.5 Å². The highest BCUT2D eigenvalue weighted by atomic mass is 35.5. The zero-order chi connectivity index (χ0) is 13.0. The number of nitrogens with one attached hydrogen (secondary N) is 1. The molecule has 94 valence electrons. The van der Waals surface area contributed by atoms with Gasteiger partial charge in [-0.25, -0.2) is 0 Å². The van der Waals surface area contributed by atoms with Crippen LogP contribution in [-0.4, -0.2) is 5.11 Å². The van der Waals surface area contributed by atoms with Gasteiger partial charge in [-0.2, -0.15) is 0 Å². The summed E-state index contributed by atoms with van der Waals surface area (Å²) in [5, 5.41) is 13.7. The number of benzene rings is 2. The van der Waals surface area contributed by atoms with Crippen LogP contribution in [0.15, 0.2) is 48.5 Å². The van der Waals surface area contributed by atoms with E-state index in [1.807, 2.05) is 18.2 Å². The summed E-state index contributed by atoms with van der Waals surface area (Å²) in [7, 11) is 0. The van der Waals surface area contributed by atoms with Gasteiger partial charge in [0.15, 0.2) is 0 Å². The number of phenolic OH excluding ortho intramolecular Hbond substituents is 1. The second-order valence-electron chi connectivity index (χ2n) is 4.25. The van der Waals surface area contributed by atoms with E-state index in [-0.39, 0.29) is 11.8 Å². The topological polar surface area (TPSA) is 32.3 Å². The van der Waals surface area contributed by atoms with E-state index in [4.69, 9.17) is 11.6 Å². The lowest BCUT2D eigenvalue weighted by atomic mass is 10.1. The molecule has 2 nitrogen and oxygen atoms in total. The smallest absolute Gasteiger partial charge is 0.121 e. The molecule has 3 heteroatoms. The molecule has 0 radical (unpaired) electrons. The second kappa shape index (κ2) is 5.89. The highest BCUT2D eigenvalue weighted by Gasteiger charge is 2.08. The van der Waals surface area contributed by atoms with Gasteiger partial charge in [-0.05, 0) is 24.6 Å². The van der Waals surface area contributed by atoms with Gasteiger partial charge in [-0.15, -0.1) is 0 Å². The summed E-state index contributed by atoms with van der Waals surface area (Å²) < 4.78 is 0. The maximum absolute atomic E-state index is 9.75. The van der Waals surface area contributed by atoms with E-state index in [0.29, 0.717) is 11.6 Å². The minimum absolute atomic E-state index is 0.210. The van der Waals surface area contributed by atoms with Gasteiger partial charge in [0.2, 0.25) is 0 Å². The Morgan fingerprint density at radius 2 is 1.83 bits per heavy atom. The van der Waals surface area contributed by atoms with Crippen LogP contribution in [0.2, 0.25) is 5.02 Å². The quantitative estimate of drug-likeness (QED) is 0.875. The molecule has 0 amide bonds. The molecular weight excluding hydrogens is 246 g/mol. The van der Waals surface area contributed by atoms with Crippen molar-refractivity contribution in [2.24, 2.45) is 0 Å². The lowest BCUT2D eigenvalue weighted by Crippen LogP contribution is -2.18. The summed E-state index contributed by atoms with van der Waals surface area (Å²) in [5.74, 6) is 0.232. The first-order valence-corrected chi connectivity index (χ1v) is 6.31. The van der Waals surface area contributed by atoms with Crippen molar-refractivity contribution < 1.29 is 5.11 Å². The molecule has 2 N–H and O–H groups in total. The van der Waals surface area contributed by atoms with E-state index >= 15 is 0 Å². The molecule has 2 aromatic carbocycles. The number of phenols is 1. The average Bonchev–Trinajstić information content (AvgIpc) is 2.39. The third-order valence-electron chi connectivity index (χ3n) is 2.98. The Labute approximate surface area is 112 Å². The Morgan fingerprint density at radius 3 is 2.50 bits per heavy atom. The molecule has 0 aromatic heterocycles. The van der Waals surface area contributed by atoms with Gasteiger partial charge < -0.3 is 10.4 Å². The SMILES string of the molecule is CC(NCc1c(O)cccc1Cl)c1ccccc1. The van der Waals surface area contributed by atoms with Gasteiger partial charge in [0.1, 0.15) is 5.75 Å². The summed E-state index contributed by atoms with van der Waals surface area (Å²) >= 11 is 6.06. The Kier molecular flexibility index (Phi) is 4.24. The number of rotatable bonds is 4. The third kappa shape index (κ3) is 3.03. The number of aromatic hydroxyl groups is 1. The van der Waals surface area contributed by atoms with Crippen LogP contribution in [0.5, 0.6) is 5.75 Å². The monoisotopic (exact) mass is 261 g/mol. The predicted octanol–water partition coefficient (Wildman–Crippen LogP) is 3.90. The summed E-state index contributed by atoms with van der Waals surface area (Å²) in [4.78, 5) is 0. The Hall–Kier alpha value is -1.51. The fourth-order valence-corrected chi connectivity index (χ4v) is 2.07. The molecule has 0 aliphatic heterocycles. The van der Waals surface area contributed by atoms with Gasteiger partial charge >= 0.3 is 0 Å². The number of halogens is 1. The van der Waals surface area contributed by atoms with Gasteiger partial charge in [0.05, 0.1) is 0 Å². The summed E-state index contributed by atoms with van der Waals surface area (Å²) in [6.45, 7) is 2.63. The second-order valence-corrected chi connectivity index (χ2v) is 4.66. The molecule has 2 rings (SSSR count). The fourth-order valence-electron chi connectivity index (χ4n) is 1.84. The number of hydrogen-bond donors (Lipinski definition) is 2. The van der Waals surface area contributed by atoms with Gasteiger partial charge in [-0.3, -0.25) is 0 Å². The maximum atomic E-state index is 9.75. The van der Waals surface area contributed by atoms with Gasteiger partial charge in [-0.1, -0.05) is 48.0 Å². The van der Waals surface area contributed by atoms with Crippen LogP contribution >= 0.6 is 11.6 Å². The predicted molar refractivity (Wildman–Crippen MR) is 74.8 cm³/mol. The van der Waals surface area contributed by atoms with Crippen LogP contribution in [0.3, 0.4) is 0 Å². The Bertz CT molecular complexity index is 493. The Balaban J connectivity index is 2.04. The fraction of sp³-hybridized carbons (Fsp3) is 0.200. The van der Waals surface area contributed by atoms with Crippen LogP contribution in [0, 0.1) is 0 Å². The summed E-state index contributed by atoms with van der Waals surface area (Å²) in [5.41, 5.74) is 1.95. The molecule has 2 aromatic rings. The largest absolute Gasteiger partial charge is 0.508 e. The highest BCUT2D eigenvalue weighted by molar-refractivity contribution is 6.31. The van der Waals surface area contributed by atoms with Crippen molar-refractivity contribution in [3.05, 3.63) is 64.7 Å². The zero-order valence-electron chi connectivity index (χ0n) is 10.2. The molecule has 1 atom stereocenters. The third-order valence-corrected chi connectivity index (χ3v) is 3.33. The first-order valence-electron chi connectivity index (χ1n) is 5.93. The van der Waals surface area contributed by atoms with E-state index in [2.05, 4.69) is 24.4 Å². The number of hydrogen-bond acceptors (Lipinski definition) is 2. The lowest BCUT2D eigenvalue weighted by molar-refractivity contribution is 0.460. The van der Waals surface area contributed by atoms with E-state index in [9.17, 15) is 5.11 Å². The van der Waals surface area contributed by atoms with Crippen LogP contribution < -0.4 is 5.32 Å². The molecule has 0 spiro atoms. The van der Waals surface area contributed by atoms with Crippen LogP contribution in [0.1, 0.15) is 24.1 Å².